The summed E-state index contributed by atoms with van der Waals surface area (Å²) in [6.45, 7) is 5.80. The largest absolute Gasteiger partial charge is 0.422 e. The highest BCUT2D eigenvalue weighted by Gasteiger charge is 2.10. The van der Waals surface area contributed by atoms with Crippen LogP contribution in [0.5, 0.6) is 0 Å². The van der Waals surface area contributed by atoms with E-state index in [4.69, 9.17) is 16.0 Å². The molecular formula is C20H19ClN2O3. The van der Waals surface area contributed by atoms with E-state index < -0.39 is 0 Å². The van der Waals surface area contributed by atoms with Crippen molar-refractivity contribution in [3.63, 3.8) is 0 Å². The third-order valence-corrected chi connectivity index (χ3v) is 4.59. The van der Waals surface area contributed by atoms with Crippen molar-refractivity contribution in [2.24, 2.45) is 0 Å². The molecule has 0 aliphatic carbocycles. The van der Waals surface area contributed by atoms with E-state index in [9.17, 15) is 9.59 Å². The van der Waals surface area contributed by atoms with Crippen molar-refractivity contribution < 1.29 is 9.21 Å². The summed E-state index contributed by atoms with van der Waals surface area (Å²) in [6.07, 6.45) is 0. The molecule has 1 amide bonds. The molecule has 3 aromatic rings. The minimum Gasteiger partial charge on any atom is -0.422 e. The van der Waals surface area contributed by atoms with E-state index in [1.165, 1.54) is 13.0 Å². The zero-order valence-corrected chi connectivity index (χ0v) is 15.5. The van der Waals surface area contributed by atoms with E-state index in [0.29, 0.717) is 22.8 Å². The monoisotopic (exact) mass is 370 g/mol. The molecule has 0 saturated heterocycles. The Morgan fingerprint density at radius 3 is 2.62 bits per heavy atom. The second kappa shape index (κ2) is 7.22. The van der Waals surface area contributed by atoms with Gasteiger partial charge in [0.2, 0.25) is 5.91 Å². The lowest BCUT2D eigenvalue weighted by Crippen LogP contribution is -2.08. The van der Waals surface area contributed by atoms with Gasteiger partial charge < -0.3 is 15.1 Å². The Bertz CT molecular complexity index is 1060. The fourth-order valence-corrected chi connectivity index (χ4v) is 3.01. The predicted octanol–water partition coefficient (Wildman–Crippen LogP) is 4.63. The van der Waals surface area contributed by atoms with Gasteiger partial charge in [0.05, 0.1) is 10.7 Å². The molecule has 0 radical (unpaired) electrons. The molecule has 26 heavy (non-hydrogen) atoms. The summed E-state index contributed by atoms with van der Waals surface area (Å²) in [7, 11) is 0. The second-order valence-electron chi connectivity index (χ2n) is 6.20. The molecule has 0 bridgehead atoms. The smallest absolute Gasteiger partial charge is 0.336 e. The summed E-state index contributed by atoms with van der Waals surface area (Å²) in [5.41, 5.74) is 4.47. The summed E-state index contributed by atoms with van der Waals surface area (Å²) in [6, 6.07) is 10.8. The van der Waals surface area contributed by atoms with Gasteiger partial charge in [0.1, 0.15) is 5.58 Å². The molecule has 0 fully saturated rings. The zero-order chi connectivity index (χ0) is 18.8. The molecule has 6 heteroatoms. The first-order chi connectivity index (χ1) is 12.3. The highest BCUT2D eigenvalue weighted by molar-refractivity contribution is 6.34. The van der Waals surface area contributed by atoms with Crippen LogP contribution >= 0.6 is 11.6 Å². The number of aryl methyl sites for hydroxylation is 2. The summed E-state index contributed by atoms with van der Waals surface area (Å²) in [5.74, 6) is -0.180. The highest BCUT2D eigenvalue weighted by Crippen LogP contribution is 2.27. The maximum atomic E-state index is 11.9. The third-order valence-electron chi connectivity index (χ3n) is 4.28. The number of hydrogen-bond acceptors (Lipinski definition) is 4. The topological polar surface area (TPSA) is 71.3 Å². The normalized spacial score (nSPS) is 10.8. The molecule has 5 nitrogen and oxygen atoms in total. The van der Waals surface area contributed by atoms with Gasteiger partial charge in [0.25, 0.3) is 0 Å². The van der Waals surface area contributed by atoms with Crippen molar-refractivity contribution in [2.45, 2.75) is 27.3 Å². The number of benzene rings is 2. The van der Waals surface area contributed by atoms with E-state index in [1.807, 2.05) is 32.0 Å². The van der Waals surface area contributed by atoms with Crippen molar-refractivity contribution in [3.05, 3.63) is 68.5 Å². The van der Waals surface area contributed by atoms with Crippen LogP contribution in [0.25, 0.3) is 11.0 Å². The Hall–Kier alpha value is -2.79. The molecule has 0 saturated carbocycles. The van der Waals surface area contributed by atoms with Gasteiger partial charge >= 0.3 is 5.63 Å². The van der Waals surface area contributed by atoms with E-state index in [2.05, 4.69) is 10.6 Å². The summed E-state index contributed by atoms with van der Waals surface area (Å²) in [5, 5.41) is 7.27. The maximum Gasteiger partial charge on any atom is 0.336 e. The zero-order valence-electron chi connectivity index (χ0n) is 14.8. The van der Waals surface area contributed by atoms with Gasteiger partial charge in [-0.05, 0) is 48.7 Å². The van der Waals surface area contributed by atoms with Gasteiger partial charge in [-0.25, -0.2) is 4.79 Å². The molecule has 0 spiro atoms. The fourth-order valence-electron chi connectivity index (χ4n) is 2.78. The quantitative estimate of drug-likeness (QED) is 0.656. The highest BCUT2D eigenvalue weighted by atomic mass is 35.5. The summed E-state index contributed by atoms with van der Waals surface area (Å²) >= 11 is 6.19. The van der Waals surface area contributed by atoms with Crippen molar-refractivity contribution in [3.8, 4) is 0 Å². The van der Waals surface area contributed by atoms with Gasteiger partial charge in [0, 0.05) is 30.6 Å². The standard InChI is InChI=1S/C20H19ClN2O3/c1-11-4-6-16-14(8-19(25)26-20(16)12(11)2)10-22-15-5-7-18(17(21)9-15)23-13(3)24/h4-9,22H,10H2,1-3H3,(H,23,24). The minimum atomic E-state index is -0.373. The number of hydrogen-bond donors (Lipinski definition) is 2. The number of fused-ring (bicyclic) bond motifs is 1. The number of carbonyl (C=O) groups excluding carboxylic acids is 1. The molecule has 2 N–H and O–H groups in total. The minimum absolute atomic E-state index is 0.180. The van der Waals surface area contributed by atoms with E-state index in [1.54, 1.807) is 12.1 Å². The van der Waals surface area contributed by atoms with E-state index >= 15 is 0 Å². The summed E-state index contributed by atoms with van der Waals surface area (Å²) < 4.78 is 5.39. The molecule has 134 valence electrons. The molecule has 0 atom stereocenters. The van der Waals surface area contributed by atoms with Crippen LogP contribution in [-0.4, -0.2) is 5.91 Å². The van der Waals surface area contributed by atoms with Gasteiger partial charge in [-0.1, -0.05) is 23.7 Å². The van der Waals surface area contributed by atoms with Crippen molar-refractivity contribution in [1.82, 2.24) is 0 Å². The summed E-state index contributed by atoms with van der Waals surface area (Å²) in [4.78, 5) is 23.1. The molecule has 1 heterocycles. The molecule has 0 aliphatic heterocycles. The Balaban J connectivity index is 1.88. The van der Waals surface area contributed by atoms with Crippen LogP contribution in [0, 0.1) is 13.8 Å². The lowest BCUT2D eigenvalue weighted by Gasteiger charge is -2.12. The van der Waals surface area contributed by atoms with Crippen LogP contribution in [0.2, 0.25) is 5.02 Å². The van der Waals surface area contributed by atoms with Crippen LogP contribution in [0.4, 0.5) is 11.4 Å². The van der Waals surface area contributed by atoms with Crippen LogP contribution in [0.15, 0.2) is 45.6 Å². The van der Waals surface area contributed by atoms with Crippen LogP contribution < -0.4 is 16.3 Å². The number of anilines is 2. The third kappa shape index (κ3) is 3.73. The van der Waals surface area contributed by atoms with Crippen LogP contribution in [0.1, 0.15) is 23.6 Å². The van der Waals surface area contributed by atoms with Crippen molar-refractivity contribution >= 4 is 39.9 Å². The first-order valence-corrected chi connectivity index (χ1v) is 8.57. The fraction of sp³-hybridized carbons (Fsp3) is 0.200. The molecular weight excluding hydrogens is 352 g/mol. The number of amides is 1. The molecule has 0 aliphatic rings. The lowest BCUT2D eigenvalue weighted by atomic mass is 10.0. The van der Waals surface area contributed by atoms with Crippen molar-refractivity contribution in [1.29, 1.82) is 0 Å². The Morgan fingerprint density at radius 2 is 1.92 bits per heavy atom. The van der Waals surface area contributed by atoms with Crippen molar-refractivity contribution in [2.75, 3.05) is 10.6 Å². The Morgan fingerprint density at radius 1 is 1.15 bits per heavy atom. The predicted molar refractivity (Wildman–Crippen MR) is 105 cm³/mol. The molecule has 2 aromatic carbocycles. The number of carbonyl (C=O) groups is 1. The van der Waals surface area contributed by atoms with Gasteiger partial charge in [-0.2, -0.15) is 0 Å². The average molecular weight is 371 g/mol. The first-order valence-electron chi connectivity index (χ1n) is 8.19. The second-order valence-corrected chi connectivity index (χ2v) is 6.61. The Labute approximate surface area is 156 Å². The van der Waals surface area contributed by atoms with Gasteiger partial charge in [0.15, 0.2) is 0 Å². The van der Waals surface area contributed by atoms with Crippen LogP contribution in [-0.2, 0) is 11.3 Å². The maximum absolute atomic E-state index is 11.9. The molecule has 3 rings (SSSR count). The van der Waals surface area contributed by atoms with Gasteiger partial charge in [-0.3, -0.25) is 4.79 Å². The molecule has 1 aromatic heterocycles. The van der Waals surface area contributed by atoms with Gasteiger partial charge in [-0.15, -0.1) is 0 Å². The number of nitrogens with one attached hydrogen (secondary N) is 2. The van der Waals surface area contributed by atoms with E-state index in [0.717, 1.165) is 27.8 Å². The lowest BCUT2D eigenvalue weighted by molar-refractivity contribution is -0.114. The number of rotatable bonds is 4. The van der Waals surface area contributed by atoms with E-state index in [-0.39, 0.29) is 11.5 Å². The SMILES string of the molecule is CC(=O)Nc1ccc(NCc2cc(=O)oc3c(C)c(C)ccc23)cc1Cl. The molecule has 0 unspecified atom stereocenters. The Kier molecular flexibility index (Phi) is 5.00. The van der Waals surface area contributed by atoms with Crippen LogP contribution in [0.3, 0.4) is 0 Å². The average Bonchev–Trinajstić information content (AvgIpc) is 2.58. The number of halogens is 1. The first kappa shape index (κ1) is 18.0.